The quantitative estimate of drug-likeness (QED) is 0.856. The normalized spacial score (nSPS) is 34.4. The Kier molecular flexibility index (Phi) is 5.09. The molecule has 2 fully saturated rings. The van der Waals surface area contributed by atoms with E-state index in [9.17, 15) is 13.2 Å². The number of morpholine rings is 1. The summed E-state index contributed by atoms with van der Waals surface area (Å²) in [7, 11) is 1.89. The Balaban J connectivity index is 1.81. The summed E-state index contributed by atoms with van der Waals surface area (Å²) in [5.74, 6) is -1.09. The van der Waals surface area contributed by atoms with Gasteiger partial charge in [0.1, 0.15) is 0 Å². The molecule has 0 aromatic heterocycles. The highest BCUT2D eigenvalue weighted by Crippen LogP contribution is 2.38. The van der Waals surface area contributed by atoms with Gasteiger partial charge in [0.05, 0.1) is 18.6 Å². The number of hydrogen-bond acceptors (Lipinski definition) is 3. The zero-order valence-electron chi connectivity index (χ0n) is 11.4. The van der Waals surface area contributed by atoms with Crippen LogP contribution in [0.5, 0.6) is 0 Å². The minimum Gasteiger partial charge on any atom is -0.374 e. The molecule has 0 spiro atoms. The molecule has 1 heterocycles. The van der Waals surface area contributed by atoms with Gasteiger partial charge in [-0.3, -0.25) is 4.90 Å². The predicted molar refractivity (Wildman–Crippen MR) is 67.0 cm³/mol. The topological polar surface area (TPSA) is 24.5 Å². The van der Waals surface area contributed by atoms with Gasteiger partial charge in [0.15, 0.2) is 0 Å². The Morgan fingerprint density at radius 3 is 2.47 bits per heavy atom. The lowest BCUT2D eigenvalue weighted by molar-refractivity contribution is -0.185. The van der Waals surface area contributed by atoms with Crippen LogP contribution in [0.15, 0.2) is 0 Å². The number of rotatable bonds is 3. The molecule has 19 heavy (non-hydrogen) atoms. The van der Waals surface area contributed by atoms with Crippen molar-refractivity contribution in [3.8, 4) is 0 Å². The number of alkyl halides is 3. The van der Waals surface area contributed by atoms with Crippen LogP contribution in [0.2, 0.25) is 0 Å². The molecule has 0 radical (unpaired) electrons. The van der Waals surface area contributed by atoms with Crippen LogP contribution in [0.1, 0.15) is 25.7 Å². The molecule has 6 heteroatoms. The lowest BCUT2D eigenvalue weighted by atomic mass is 9.84. The Morgan fingerprint density at radius 1 is 1.21 bits per heavy atom. The van der Waals surface area contributed by atoms with Crippen molar-refractivity contribution in [2.24, 2.45) is 5.92 Å². The van der Waals surface area contributed by atoms with E-state index in [1.807, 2.05) is 7.05 Å². The van der Waals surface area contributed by atoms with Gasteiger partial charge in [-0.2, -0.15) is 13.2 Å². The van der Waals surface area contributed by atoms with Crippen LogP contribution in [0.25, 0.3) is 0 Å². The summed E-state index contributed by atoms with van der Waals surface area (Å²) in [6.45, 7) is 3.17. The standard InChI is InChI=1S/C13H23F3N2O/c1-17-8-12-9-18(6-7-19-12)11-4-2-10(3-5-11)13(14,15)16/h10-12,17H,2-9H2,1H3. The molecule has 1 unspecified atom stereocenters. The van der Waals surface area contributed by atoms with Crippen molar-refractivity contribution in [2.45, 2.75) is 44.0 Å². The third-order valence-electron chi connectivity index (χ3n) is 4.28. The van der Waals surface area contributed by atoms with Gasteiger partial charge in [0.2, 0.25) is 0 Å². The first kappa shape index (κ1) is 15.1. The van der Waals surface area contributed by atoms with E-state index in [0.29, 0.717) is 25.5 Å². The summed E-state index contributed by atoms with van der Waals surface area (Å²) in [4.78, 5) is 2.32. The van der Waals surface area contributed by atoms with Gasteiger partial charge in [-0.1, -0.05) is 0 Å². The van der Waals surface area contributed by atoms with Crippen molar-refractivity contribution >= 4 is 0 Å². The number of likely N-dealkylation sites (N-methyl/N-ethyl adjacent to an activating group) is 1. The first-order valence-corrected chi connectivity index (χ1v) is 7.07. The molecule has 1 N–H and O–H groups in total. The number of hydrogen-bond donors (Lipinski definition) is 1. The van der Waals surface area contributed by atoms with E-state index in [-0.39, 0.29) is 18.9 Å². The molecule has 0 aromatic rings. The predicted octanol–water partition coefficient (Wildman–Crippen LogP) is 2.03. The van der Waals surface area contributed by atoms with Crippen LogP contribution in [-0.2, 0) is 4.74 Å². The fourth-order valence-corrected chi connectivity index (χ4v) is 3.19. The van der Waals surface area contributed by atoms with Crippen LogP contribution in [0, 0.1) is 5.92 Å². The summed E-state index contributed by atoms with van der Waals surface area (Å²) < 4.78 is 43.5. The maximum absolute atomic E-state index is 12.6. The van der Waals surface area contributed by atoms with Crippen LogP contribution < -0.4 is 5.32 Å². The van der Waals surface area contributed by atoms with Gasteiger partial charge < -0.3 is 10.1 Å². The Hall–Kier alpha value is -0.330. The molecule has 1 aliphatic heterocycles. The van der Waals surface area contributed by atoms with Crippen LogP contribution in [-0.4, -0.2) is 56.5 Å². The van der Waals surface area contributed by atoms with Gasteiger partial charge in [-0.05, 0) is 32.7 Å². The molecule has 2 rings (SSSR count). The molecule has 0 aromatic carbocycles. The molecule has 3 nitrogen and oxygen atoms in total. The number of nitrogens with zero attached hydrogens (tertiary/aromatic N) is 1. The lowest BCUT2D eigenvalue weighted by Gasteiger charge is -2.41. The van der Waals surface area contributed by atoms with Crippen molar-refractivity contribution in [3.63, 3.8) is 0 Å². The van der Waals surface area contributed by atoms with Gasteiger partial charge in [0, 0.05) is 25.7 Å². The van der Waals surface area contributed by atoms with Gasteiger partial charge in [-0.15, -0.1) is 0 Å². The van der Waals surface area contributed by atoms with E-state index >= 15 is 0 Å². The third-order valence-corrected chi connectivity index (χ3v) is 4.28. The molecule has 112 valence electrons. The SMILES string of the molecule is CNCC1CN(C2CCC(C(F)(F)F)CC2)CCO1. The van der Waals surface area contributed by atoms with Gasteiger partial charge in [0.25, 0.3) is 0 Å². The van der Waals surface area contributed by atoms with E-state index in [2.05, 4.69) is 10.2 Å². The average Bonchev–Trinajstić information content (AvgIpc) is 2.39. The number of nitrogens with one attached hydrogen (secondary N) is 1. The van der Waals surface area contributed by atoms with E-state index in [1.54, 1.807) is 0 Å². The molecule has 1 aliphatic carbocycles. The average molecular weight is 280 g/mol. The van der Waals surface area contributed by atoms with E-state index in [4.69, 9.17) is 4.74 Å². The maximum Gasteiger partial charge on any atom is 0.391 e. The molecule has 1 saturated heterocycles. The second-order valence-electron chi connectivity index (χ2n) is 5.59. The number of halogens is 3. The molecule has 1 saturated carbocycles. The summed E-state index contributed by atoms with van der Waals surface area (Å²) in [6, 6.07) is 0.307. The minimum absolute atomic E-state index is 0.166. The highest BCUT2D eigenvalue weighted by Gasteiger charge is 2.42. The van der Waals surface area contributed by atoms with Crippen molar-refractivity contribution < 1.29 is 17.9 Å². The summed E-state index contributed by atoms with van der Waals surface area (Å²) in [5, 5.41) is 3.09. The third kappa shape index (κ3) is 4.07. The lowest BCUT2D eigenvalue weighted by Crippen LogP contribution is -2.51. The summed E-state index contributed by atoms with van der Waals surface area (Å²) in [6.07, 6.45) is -1.96. The fraction of sp³-hybridized carbons (Fsp3) is 1.00. The van der Waals surface area contributed by atoms with Gasteiger partial charge in [-0.25, -0.2) is 0 Å². The van der Waals surface area contributed by atoms with E-state index < -0.39 is 12.1 Å². The number of ether oxygens (including phenoxy) is 1. The largest absolute Gasteiger partial charge is 0.391 e. The zero-order chi connectivity index (χ0) is 13.9. The van der Waals surface area contributed by atoms with Crippen LogP contribution >= 0.6 is 0 Å². The smallest absolute Gasteiger partial charge is 0.374 e. The molecular weight excluding hydrogens is 257 g/mol. The zero-order valence-corrected chi connectivity index (χ0v) is 11.4. The second kappa shape index (κ2) is 6.41. The molecule has 2 aliphatic rings. The minimum atomic E-state index is -4.01. The highest BCUT2D eigenvalue weighted by atomic mass is 19.4. The van der Waals surface area contributed by atoms with E-state index in [0.717, 1.165) is 19.6 Å². The molecular formula is C13H23F3N2O. The summed E-state index contributed by atoms with van der Waals surface area (Å²) >= 11 is 0. The monoisotopic (exact) mass is 280 g/mol. The first-order chi connectivity index (χ1) is 9.00. The van der Waals surface area contributed by atoms with Crippen molar-refractivity contribution in [2.75, 3.05) is 33.3 Å². The maximum atomic E-state index is 12.6. The Morgan fingerprint density at radius 2 is 1.89 bits per heavy atom. The first-order valence-electron chi connectivity index (χ1n) is 7.07. The summed E-state index contributed by atoms with van der Waals surface area (Å²) in [5.41, 5.74) is 0. The Bertz CT molecular complexity index is 276. The second-order valence-corrected chi connectivity index (χ2v) is 5.59. The van der Waals surface area contributed by atoms with Crippen molar-refractivity contribution in [3.05, 3.63) is 0 Å². The highest BCUT2D eigenvalue weighted by molar-refractivity contribution is 4.85. The molecule has 0 amide bonds. The fourth-order valence-electron chi connectivity index (χ4n) is 3.19. The van der Waals surface area contributed by atoms with Crippen LogP contribution in [0.3, 0.4) is 0 Å². The van der Waals surface area contributed by atoms with Gasteiger partial charge >= 0.3 is 6.18 Å². The van der Waals surface area contributed by atoms with Crippen molar-refractivity contribution in [1.82, 2.24) is 10.2 Å². The van der Waals surface area contributed by atoms with E-state index in [1.165, 1.54) is 0 Å². The Labute approximate surface area is 112 Å². The molecule has 1 atom stereocenters. The van der Waals surface area contributed by atoms with Crippen LogP contribution in [0.4, 0.5) is 13.2 Å². The van der Waals surface area contributed by atoms with Crippen molar-refractivity contribution in [1.29, 1.82) is 0 Å². The molecule has 0 bridgehead atoms.